The third-order valence-corrected chi connectivity index (χ3v) is 4.53. The molecule has 2 saturated heterocycles. The number of ether oxygens (including phenoxy) is 1. The minimum absolute atomic E-state index is 0.171. The molecule has 5 nitrogen and oxygen atoms in total. The van der Waals surface area contributed by atoms with Gasteiger partial charge in [0, 0.05) is 32.2 Å². The van der Waals surface area contributed by atoms with Gasteiger partial charge in [0.15, 0.2) is 0 Å². The number of morpholine rings is 1. The van der Waals surface area contributed by atoms with Crippen molar-refractivity contribution in [3.63, 3.8) is 0 Å². The highest BCUT2D eigenvalue weighted by atomic mass is 16.5. The minimum Gasteiger partial charge on any atom is -0.394 e. The van der Waals surface area contributed by atoms with Crippen LogP contribution >= 0.6 is 0 Å². The van der Waals surface area contributed by atoms with Crippen molar-refractivity contribution in [3.05, 3.63) is 0 Å². The van der Waals surface area contributed by atoms with Gasteiger partial charge in [-0.15, -0.1) is 0 Å². The lowest BCUT2D eigenvalue weighted by Gasteiger charge is -2.35. The van der Waals surface area contributed by atoms with Crippen molar-refractivity contribution in [1.29, 1.82) is 0 Å². The van der Waals surface area contributed by atoms with Crippen molar-refractivity contribution in [1.82, 2.24) is 15.1 Å². The molecule has 118 valence electrons. The summed E-state index contributed by atoms with van der Waals surface area (Å²) < 4.78 is 5.43. The van der Waals surface area contributed by atoms with Gasteiger partial charge in [-0.25, -0.2) is 0 Å². The van der Waals surface area contributed by atoms with Crippen LogP contribution < -0.4 is 5.32 Å². The molecule has 0 aromatic carbocycles. The van der Waals surface area contributed by atoms with E-state index in [2.05, 4.69) is 29.0 Å². The molecule has 2 fully saturated rings. The van der Waals surface area contributed by atoms with Crippen LogP contribution in [0.15, 0.2) is 0 Å². The van der Waals surface area contributed by atoms with Crippen LogP contribution in [-0.2, 0) is 4.74 Å². The van der Waals surface area contributed by atoms with Crippen LogP contribution in [0.2, 0.25) is 0 Å². The summed E-state index contributed by atoms with van der Waals surface area (Å²) in [6.07, 6.45) is 2.35. The van der Waals surface area contributed by atoms with Crippen molar-refractivity contribution in [3.8, 4) is 0 Å². The number of rotatable bonds is 7. The number of hydrogen-bond acceptors (Lipinski definition) is 5. The molecule has 0 aromatic rings. The van der Waals surface area contributed by atoms with Crippen LogP contribution in [0.25, 0.3) is 0 Å². The molecule has 2 aliphatic rings. The summed E-state index contributed by atoms with van der Waals surface area (Å²) in [4.78, 5) is 5.07. The van der Waals surface area contributed by atoms with E-state index in [1.54, 1.807) is 0 Å². The fourth-order valence-corrected chi connectivity index (χ4v) is 3.28. The molecule has 2 N–H and O–H groups in total. The molecule has 0 saturated carbocycles. The quantitative estimate of drug-likeness (QED) is 0.697. The predicted octanol–water partition coefficient (Wildman–Crippen LogP) is 0.144. The lowest BCUT2D eigenvalue weighted by Crippen LogP contribution is -2.54. The largest absolute Gasteiger partial charge is 0.394 e. The second kappa shape index (κ2) is 7.71. The summed E-state index contributed by atoms with van der Waals surface area (Å²) in [5.41, 5.74) is -0.171. The summed E-state index contributed by atoms with van der Waals surface area (Å²) >= 11 is 0. The number of likely N-dealkylation sites (tertiary alicyclic amines) is 1. The average Bonchev–Trinajstić information content (AvgIpc) is 2.94. The zero-order chi connectivity index (χ0) is 14.4. The lowest BCUT2D eigenvalue weighted by molar-refractivity contribution is 0.0176. The van der Waals surface area contributed by atoms with Gasteiger partial charge in [0.05, 0.1) is 25.4 Å². The molecular formula is C15H31N3O2. The monoisotopic (exact) mass is 285 g/mol. The molecule has 0 radical (unpaired) electrons. The van der Waals surface area contributed by atoms with Gasteiger partial charge in [-0.05, 0) is 32.9 Å². The first-order chi connectivity index (χ1) is 9.67. The zero-order valence-corrected chi connectivity index (χ0v) is 13.1. The van der Waals surface area contributed by atoms with Crippen molar-refractivity contribution < 1.29 is 9.84 Å². The third kappa shape index (κ3) is 4.40. The molecule has 0 amide bonds. The van der Waals surface area contributed by atoms with E-state index in [0.29, 0.717) is 6.04 Å². The Morgan fingerprint density at radius 2 is 2.05 bits per heavy atom. The fourth-order valence-electron chi connectivity index (χ4n) is 3.28. The van der Waals surface area contributed by atoms with E-state index in [4.69, 9.17) is 4.74 Å². The Morgan fingerprint density at radius 3 is 2.70 bits per heavy atom. The first kappa shape index (κ1) is 16.2. The molecule has 2 heterocycles. The van der Waals surface area contributed by atoms with E-state index in [-0.39, 0.29) is 12.1 Å². The lowest BCUT2D eigenvalue weighted by atomic mass is 10.0. The molecule has 2 unspecified atom stereocenters. The number of nitrogens with zero attached hydrogens (tertiary/aromatic N) is 2. The molecule has 0 aliphatic carbocycles. The van der Waals surface area contributed by atoms with Gasteiger partial charge in [-0.3, -0.25) is 9.80 Å². The first-order valence-electron chi connectivity index (χ1n) is 8.07. The van der Waals surface area contributed by atoms with Gasteiger partial charge in [0.1, 0.15) is 0 Å². The first-order valence-corrected chi connectivity index (χ1v) is 8.07. The molecule has 2 atom stereocenters. The van der Waals surface area contributed by atoms with Crippen LogP contribution in [0.5, 0.6) is 0 Å². The Bertz CT molecular complexity index is 284. The number of nitrogens with one attached hydrogen (secondary N) is 1. The highest BCUT2D eigenvalue weighted by molar-refractivity contribution is 4.91. The van der Waals surface area contributed by atoms with Crippen LogP contribution in [-0.4, -0.2) is 85.6 Å². The summed E-state index contributed by atoms with van der Waals surface area (Å²) in [5, 5.41) is 13.2. The Kier molecular flexibility index (Phi) is 6.23. The van der Waals surface area contributed by atoms with Crippen molar-refractivity contribution in [2.24, 2.45) is 0 Å². The third-order valence-electron chi connectivity index (χ3n) is 4.53. The van der Waals surface area contributed by atoms with Gasteiger partial charge >= 0.3 is 0 Å². The number of aliphatic hydroxyl groups is 1. The molecule has 0 bridgehead atoms. The second-order valence-corrected chi connectivity index (χ2v) is 6.47. The number of aliphatic hydroxyl groups excluding tert-OH is 1. The molecule has 5 heteroatoms. The minimum atomic E-state index is -0.171. The maximum atomic E-state index is 9.67. The van der Waals surface area contributed by atoms with E-state index in [1.807, 2.05) is 0 Å². The Labute approximate surface area is 123 Å². The molecule has 2 aliphatic heterocycles. The standard InChI is InChI=1S/C15H31N3O2/c1-3-5-16-15(2,13-19)12-17-6-4-14(11-17)18-7-9-20-10-8-18/h14,16,19H,3-13H2,1-2H3. The summed E-state index contributed by atoms with van der Waals surface area (Å²) in [6, 6.07) is 0.674. The maximum Gasteiger partial charge on any atom is 0.0623 e. The molecule has 20 heavy (non-hydrogen) atoms. The highest BCUT2D eigenvalue weighted by Gasteiger charge is 2.33. The van der Waals surface area contributed by atoms with Gasteiger partial charge in [0.2, 0.25) is 0 Å². The van der Waals surface area contributed by atoms with Crippen LogP contribution in [0.1, 0.15) is 26.7 Å². The van der Waals surface area contributed by atoms with Gasteiger partial charge in [0.25, 0.3) is 0 Å². The second-order valence-electron chi connectivity index (χ2n) is 6.47. The Morgan fingerprint density at radius 1 is 1.30 bits per heavy atom. The smallest absolute Gasteiger partial charge is 0.0623 e. The van der Waals surface area contributed by atoms with Crippen LogP contribution in [0.3, 0.4) is 0 Å². The van der Waals surface area contributed by atoms with Gasteiger partial charge in [-0.2, -0.15) is 0 Å². The molecular weight excluding hydrogens is 254 g/mol. The topological polar surface area (TPSA) is 48.0 Å². The summed E-state index contributed by atoms with van der Waals surface area (Å²) in [7, 11) is 0. The Balaban J connectivity index is 1.79. The van der Waals surface area contributed by atoms with Gasteiger partial charge in [-0.1, -0.05) is 6.92 Å². The van der Waals surface area contributed by atoms with E-state index in [0.717, 1.165) is 58.9 Å². The fraction of sp³-hybridized carbons (Fsp3) is 1.00. The molecule has 2 rings (SSSR count). The molecule has 0 spiro atoms. The zero-order valence-electron chi connectivity index (χ0n) is 13.1. The molecule has 0 aromatic heterocycles. The van der Waals surface area contributed by atoms with E-state index in [1.165, 1.54) is 6.42 Å². The number of hydrogen-bond donors (Lipinski definition) is 2. The maximum absolute atomic E-state index is 9.67. The predicted molar refractivity (Wildman–Crippen MR) is 81.0 cm³/mol. The van der Waals surface area contributed by atoms with Crippen LogP contribution in [0, 0.1) is 0 Å². The summed E-state index contributed by atoms with van der Waals surface area (Å²) in [6.45, 7) is 12.6. The van der Waals surface area contributed by atoms with Crippen LogP contribution in [0.4, 0.5) is 0 Å². The van der Waals surface area contributed by atoms with Crippen molar-refractivity contribution in [2.75, 3.05) is 59.1 Å². The van der Waals surface area contributed by atoms with E-state index in [9.17, 15) is 5.11 Å². The van der Waals surface area contributed by atoms with Crippen molar-refractivity contribution >= 4 is 0 Å². The average molecular weight is 285 g/mol. The van der Waals surface area contributed by atoms with Gasteiger partial charge < -0.3 is 15.2 Å². The van der Waals surface area contributed by atoms with E-state index < -0.39 is 0 Å². The SMILES string of the molecule is CCCNC(C)(CO)CN1CCC(N2CCOCC2)C1. The summed E-state index contributed by atoms with van der Waals surface area (Å²) in [5.74, 6) is 0. The van der Waals surface area contributed by atoms with E-state index >= 15 is 0 Å². The highest BCUT2D eigenvalue weighted by Crippen LogP contribution is 2.19. The Hall–Kier alpha value is -0.200. The normalized spacial score (nSPS) is 28.6. The van der Waals surface area contributed by atoms with Crippen molar-refractivity contribution in [2.45, 2.75) is 38.3 Å².